The van der Waals surface area contributed by atoms with E-state index < -0.39 is 10.0 Å². The highest BCUT2D eigenvalue weighted by atomic mass is 32.2. The maximum Gasteiger partial charge on any atom is 0.244 e. The summed E-state index contributed by atoms with van der Waals surface area (Å²) in [6.45, 7) is 5.42. The van der Waals surface area contributed by atoms with Crippen LogP contribution >= 0.6 is 11.8 Å². The Hall–Kier alpha value is -1.16. The Morgan fingerprint density at radius 3 is 2.54 bits per heavy atom. The molecule has 3 rings (SSSR count). The predicted molar refractivity (Wildman–Crippen MR) is 99.5 cm³/mol. The van der Waals surface area contributed by atoms with E-state index in [-0.39, 0.29) is 10.8 Å². The number of morpholine rings is 1. The van der Waals surface area contributed by atoms with Crippen molar-refractivity contribution in [1.82, 2.24) is 14.2 Å². The minimum absolute atomic E-state index is 0.119. The number of pyridine rings is 1. The first-order valence-electron chi connectivity index (χ1n) is 8.91. The van der Waals surface area contributed by atoms with Crippen LogP contribution in [0.1, 0.15) is 19.8 Å². The lowest BCUT2D eigenvalue weighted by Crippen LogP contribution is -2.40. The summed E-state index contributed by atoms with van der Waals surface area (Å²) in [6, 6.07) is 3.23. The van der Waals surface area contributed by atoms with Crippen molar-refractivity contribution < 1.29 is 17.9 Å². The van der Waals surface area contributed by atoms with Crippen molar-refractivity contribution in [2.75, 3.05) is 45.1 Å². The van der Waals surface area contributed by atoms with E-state index in [1.807, 2.05) is 4.90 Å². The Morgan fingerprint density at radius 2 is 1.92 bits per heavy atom. The van der Waals surface area contributed by atoms with Gasteiger partial charge in [0.05, 0.1) is 24.0 Å². The Balaban J connectivity index is 1.55. The van der Waals surface area contributed by atoms with Gasteiger partial charge in [-0.3, -0.25) is 4.79 Å². The van der Waals surface area contributed by atoms with Crippen molar-refractivity contribution >= 4 is 27.7 Å². The number of ether oxygens (including phenoxy) is 1. The van der Waals surface area contributed by atoms with E-state index in [1.165, 1.54) is 22.3 Å². The maximum atomic E-state index is 12.6. The number of likely N-dealkylation sites (tertiary alicyclic amines) is 1. The van der Waals surface area contributed by atoms with Gasteiger partial charge in [-0.2, -0.15) is 4.31 Å². The third-order valence-electron chi connectivity index (χ3n) is 4.80. The summed E-state index contributed by atoms with van der Waals surface area (Å²) >= 11 is 1.35. The number of nitrogens with zero attached hydrogens (tertiary/aromatic N) is 3. The lowest BCUT2D eigenvalue weighted by molar-refractivity contribution is -0.129. The number of carbonyl (C=O) groups excluding carboxylic acids is 1. The molecule has 0 bridgehead atoms. The first-order chi connectivity index (χ1) is 12.5. The number of amides is 1. The van der Waals surface area contributed by atoms with E-state index in [4.69, 9.17) is 4.74 Å². The average Bonchev–Trinajstić information content (AvgIpc) is 2.67. The summed E-state index contributed by atoms with van der Waals surface area (Å²) < 4.78 is 31.7. The summed E-state index contributed by atoms with van der Waals surface area (Å²) in [7, 11) is -3.53. The Morgan fingerprint density at radius 1 is 1.23 bits per heavy atom. The zero-order valence-electron chi connectivity index (χ0n) is 15.0. The molecule has 1 amide bonds. The third-order valence-corrected chi connectivity index (χ3v) is 7.61. The molecule has 0 aliphatic carbocycles. The largest absolute Gasteiger partial charge is 0.379 e. The molecule has 0 unspecified atom stereocenters. The monoisotopic (exact) mass is 399 g/mol. The van der Waals surface area contributed by atoms with Gasteiger partial charge in [-0.1, -0.05) is 18.7 Å². The van der Waals surface area contributed by atoms with Gasteiger partial charge >= 0.3 is 0 Å². The van der Waals surface area contributed by atoms with Gasteiger partial charge in [0.25, 0.3) is 0 Å². The molecule has 0 atom stereocenters. The molecule has 1 aromatic heterocycles. The number of rotatable bonds is 5. The molecular weight excluding hydrogens is 374 g/mol. The molecule has 3 heterocycles. The lowest BCUT2D eigenvalue weighted by Gasteiger charge is -2.30. The lowest BCUT2D eigenvalue weighted by atomic mass is 9.99. The van der Waals surface area contributed by atoms with Crippen LogP contribution in [0, 0.1) is 5.92 Å². The SMILES string of the molecule is CC1CCN(C(=O)CSc2ccc(S(=O)(=O)N3CCOCC3)cn2)CC1. The summed E-state index contributed by atoms with van der Waals surface area (Å²) in [5.41, 5.74) is 0. The molecule has 0 saturated carbocycles. The fourth-order valence-corrected chi connectivity index (χ4v) is 5.12. The minimum atomic E-state index is -3.53. The molecule has 2 aliphatic rings. The number of thioether (sulfide) groups is 1. The van der Waals surface area contributed by atoms with Crippen LogP contribution in [0.25, 0.3) is 0 Å². The van der Waals surface area contributed by atoms with Gasteiger partial charge in [-0.25, -0.2) is 13.4 Å². The molecule has 0 spiro atoms. The molecule has 1 aromatic rings. The van der Waals surface area contributed by atoms with Crippen molar-refractivity contribution in [1.29, 1.82) is 0 Å². The van der Waals surface area contributed by atoms with Crippen LogP contribution in [0.3, 0.4) is 0 Å². The van der Waals surface area contributed by atoms with E-state index >= 15 is 0 Å². The number of hydrogen-bond acceptors (Lipinski definition) is 6. The van der Waals surface area contributed by atoms with Crippen molar-refractivity contribution in [3.05, 3.63) is 18.3 Å². The van der Waals surface area contributed by atoms with E-state index in [0.717, 1.165) is 25.9 Å². The third kappa shape index (κ3) is 4.76. The summed E-state index contributed by atoms with van der Waals surface area (Å²) in [5.74, 6) is 1.14. The number of carbonyl (C=O) groups is 1. The smallest absolute Gasteiger partial charge is 0.244 e. The zero-order chi connectivity index (χ0) is 18.6. The fourth-order valence-electron chi connectivity index (χ4n) is 3.03. The van der Waals surface area contributed by atoms with Gasteiger partial charge in [0.1, 0.15) is 4.90 Å². The zero-order valence-corrected chi connectivity index (χ0v) is 16.6. The quantitative estimate of drug-likeness (QED) is 0.698. The molecule has 2 fully saturated rings. The molecule has 2 aliphatic heterocycles. The Kier molecular flexibility index (Phi) is 6.55. The standard InChI is InChI=1S/C17H25N3O4S2/c1-14-4-6-19(7-5-14)17(21)13-25-16-3-2-15(12-18-16)26(22,23)20-8-10-24-11-9-20/h2-3,12,14H,4-11,13H2,1H3. The Labute approximate surface area is 159 Å². The second kappa shape index (κ2) is 8.69. The molecule has 0 radical (unpaired) electrons. The first-order valence-corrected chi connectivity index (χ1v) is 11.3. The molecule has 7 nitrogen and oxygen atoms in total. The van der Waals surface area contributed by atoms with Crippen LogP contribution < -0.4 is 0 Å². The van der Waals surface area contributed by atoms with Crippen LogP contribution in [0.15, 0.2) is 28.3 Å². The van der Waals surface area contributed by atoms with Gasteiger partial charge < -0.3 is 9.64 Å². The number of hydrogen-bond donors (Lipinski definition) is 0. The van der Waals surface area contributed by atoms with Crippen LogP contribution in [0.2, 0.25) is 0 Å². The maximum absolute atomic E-state index is 12.6. The topological polar surface area (TPSA) is 79.8 Å². The second-order valence-corrected chi connectivity index (χ2v) is 9.63. The number of sulfonamides is 1. The fraction of sp³-hybridized carbons (Fsp3) is 0.647. The van der Waals surface area contributed by atoms with Gasteiger partial charge in [0.2, 0.25) is 15.9 Å². The highest BCUT2D eigenvalue weighted by molar-refractivity contribution is 7.99. The summed E-state index contributed by atoms with van der Waals surface area (Å²) in [5, 5.41) is 0.657. The van der Waals surface area contributed by atoms with Crippen molar-refractivity contribution in [2.45, 2.75) is 29.7 Å². The molecule has 9 heteroatoms. The summed E-state index contributed by atoms with van der Waals surface area (Å²) in [4.78, 5) is 18.6. The van der Waals surface area contributed by atoms with E-state index in [0.29, 0.717) is 43.0 Å². The van der Waals surface area contributed by atoms with Crippen LogP contribution in [-0.2, 0) is 19.6 Å². The number of piperidine rings is 1. The first kappa shape index (κ1) is 19.6. The molecule has 0 aromatic carbocycles. The van der Waals surface area contributed by atoms with Crippen LogP contribution in [-0.4, -0.2) is 73.7 Å². The highest BCUT2D eigenvalue weighted by Crippen LogP contribution is 2.22. The normalized spacial score (nSPS) is 20.3. The van der Waals surface area contributed by atoms with Gasteiger partial charge in [0, 0.05) is 32.4 Å². The van der Waals surface area contributed by atoms with Crippen LogP contribution in [0.5, 0.6) is 0 Å². The van der Waals surface area contributed by atoms with Gasteiger partial charge in [-0.05, 0) is 30.9 Å². The Bertz CT molecular complexity index is 710. The highest BCUT2D eigenvalue weighted by Gasteiger charge is 2.26. The van der Waals surface area contributed by atoms with Gasteiger partial charge in [-0.15, -0.1) is 0 Å². The van der Waals surface area contributed by atoms with Gasteiger partial charge in [0.15, 0.2) is 0 Å². The van der Waals surface area contributed by atoms with Crippen molar-refractivity contribution in [3.63, 3.8) is 0 Å². The molecule has 144 valence electrons. The minimum Gasteiger partial charge on any atom is -0.379 e. The molecule has 0 N–H and O–H groups in total. The van der Waals surface area contributed by atoms with E-state index in [9.17, 15) is 13.2 Å². The summed E-state index contributed by atoms with van der Waals surface area (Å²) in [6.07, 6.45) is 3.49. The van der Waals surface area contributed by atoms with Crippen molar-refractivity contribution in [2.24, 2.45) is 5.92 Å². The van der Waals surface area contributed by atoms with E-state index in [1.54, 1.807) is 12.1 Å². The average molecular weight is 400 g/mol. The second-order valence-electron chi connectivity index (χ2n) is 6.70. The predicted octanol–water partition coefficient (Wildman–Crippen LogP) is 1.45. The molecule has 2 saturated heterocycles. The molecule has 26 heavy (non-hydrogen) atoms. The van der Waals surface area contributed by atoms with E-state index in [2.05, 4.69) is 11.9 Å². The molecular formula is C17H25N3O4S2. The van der Waals surface area contributed by atoms with Crippen LogP contribution in [0.4, 0.5) is 0 Å². The number of aromatic nitrogens is 1. The van der Waals surface area contributed by atoms with Crippen molar-refractivity contribution in [3.8, 4) is 0 Å².